The van der Waals surface area contributed by atoms with E-state index in [-0.39, 0.29) is 5.78 Å². The molecule has 1 heterocycles. The van der Waals surface area contributed by atoms with Crippen LogP contribution in [0, 0.1) is 0 Å². The molecule has 0 aliphatic heterocycles. The number of carbonyl (C=O) groups excluding carboxylic acids is 1. The second kappa shape index (κ2) is 5.10. The highest BCUT2D eigenvalue weighted by atomic mass is 32.1. The van der Waals surface area contributed by atoms with Crippen LogP contribution >= 0.6 is 11.3 Å². The number of nitrogens with zero attached hydrogens (tertiary/aromatic N) is 1. The summed E-state index contributed by atoms with van der Waals surface area (Å²) in [5, 5.41) is 0.537. The van der Waals surface area contributed by atoms with Crippen molar-refractivity contribution < 1.29 is 9.53 Å². The van der Waals surface area contributed by atoms with Gasteiger partial charge in [0.05, 0.1) is 7.11 Å². The van der Waals surface area contributed by atoms with Crippen LogP contribution in [0.15, 0.2) is 30.5 Å². The number of aromatic nitrogens is 1. The topological polar surface area (TPSA) is 39.2 Å². The first-order valence-electron chi connectivity index (χ1n) is 5.38. The molecule has 0 aliphatic rings. The van der Waals surface area contributed by atoms with Crippen molar-refractivity contribution in [1.29, 1.82) is 0 Å². The number of ketones is 1. The van der Waals surface area contributed by atoms with E-state index in [1.807, 2.05) is 13.0 Å². The predicted octanol–water partition coefficient (Wildman–Crippen LogP) is 2.95. The number of aryl methyl sites for hydroxylation is 1. The molecule has 88 valence electrons. The van der Waals surface area contributed by atoms with Crippen LogP contribution < -0.4 is 4.74 Å². The highest BCUT2D eigenvalue weighted by Gasteiger charge is 2.13. The van der Waals surface area contributed by atoms with Gasteiger partial charge in [-0.3, -0.25) is 4.79 Å². The lowest BCUT2D eigenvalue weighted by atomic mass is 10.1. The summed E-state index contributed by atoms with van der Waals surface area (Å²) in [6.07, 6.45) is 2.67. The van der Waals surface area contributed by atoms with Crippen LogP contribution in [0.2, 0.25) is 0 Å². The number of hydrogen-bond acceptors (Lipinski definition) is 4. The number of carbonyl (C=O) groups is 1. The normalized spacial score (nSPS) is 10.2. The minimum Gasteiger partial charge on any atom is -0.497 e. The Kier molecular flexibility index (Phi) is 3.54. The molecule has 0 unspecified atom stereocenters. The van der Waals surface area contributed by atoms with Crippen molar-refractivity contribution in [3.63, 3.8) is 0 Å². The van der Waals surface area contributed by atoms with Gasteiger partial charge in [-0.05, 0) is 18.6 Å². The molecule has 3 nitrogen and oxygen atoms in total. The van der Waals surface area contributed by atoms with Crippen molar-refractivity contribution >= 4 is 17.1 Å². The second-order valence-corrected chi connectivity index (χ2v) is 4.66. The molecule has 17 heavy (non-hydrogen) atoms. The van der Waals surface area contributed by atoms with Crippen molar-refractivity contribution in [1.82, 2.24) is 4.98 Å². The van der Waals surface area contributed by atoms with Crippen molar-refractivity contribution in [2.24, 2.45) is 0 Å². The Morgan fingerprint density at radius 1 is 1.47 bits per heavy atom. The van der Waals surface area contributed by atoms with Crippen molar-refractivity contribution in [2.75, 3.05) is 7.11 Å². The maximum Gasteiger partial charge on any atom is 0.221 e. The summed E-state index contributed by atoms with van der Waals surface area (Å²) in [6.45, 7) is 2.05. The van der Waals surface area contributed by atoms with Gasteiger partial charge < -0.3 is 4.74 Å². The summed E-state index contributed by atoms with van der Waals surface area (Å²) in [4.78, 5) is 17.4. The third-order valence-electron chi connectivity index (χ3n) is 2.43. The van der Waals surface area contributed by atoms with Crippen LogP contribution in [0.3, 0.4) is 0 Å². The molecule has 1 aromatic heterocycles. The molecular formula is C13H13NO2S. The molecule has 0 bridgehead atoms. The summed E-state index contributed by atoms with van der Waals surface area (Å²) in [7, 11) is 1.59. The fraction of sp³-hybridized carbons (Fsp3) is 0.231. The average molecular weight is 247 g/mol. The maximum absolute atomic E-state index is 12.1. The Morgan fingerprint density at radius 2 is 2.29 bits per heavy atom. The summed E-state index contributed by atoms with van der Waals surface area (Å²) in [6, 6.07) is 7.13. The molecule has 0 saturated heterocycles. The van der Waals surface area contributed by atoms with Crippen LogP contribution in [0.5, 0.6) is 5.75 Å². The van der Waals surface area contributed by atoms with Crippen molar-refractivity contribution in [2.45, 2.75) is 13.3 Å². The Hall–Kier alpha value is -1.68. The highest BCUT2D eigenvalue weighted by molar-refractivity contribution is 7.13. The van der Waals surface area contributed by atoms with E-state index in [9.17, 15) is 4.79 Å². The van der Waals surface area contributed by atoms with E-state index < -0.39 is 0 Å². The fourth-order valence-corrected chi connectivity index (χ4v) is 2.28. The first-order chi connectivity index (χ1) is 8.24. The lowest BCUT2D eigenvalue weighted by Crippen LogP contribution is -2.00. The SMILES string of the molecule is CCc1cnc(C(=O)c2cccc(OC)c2)s1. The first-order valence-corrected chi connectivity index (χ1v) is 6.19. The summed E-state index contributed by atoms with van der Waals surface area (Å²) in [5.74, 6) is 0.636. The summed E-state index contributed by atoms with van der Waals surface area (Å²) >= 11 is 1.45. The van der Waals surface area contributed by atoms with Gasteiger partial charge in [-0.25, -0.2) is 4.98 Å². The van der Waals surface area contributed by atoms with E-state index in [0.717, 1.165) is 11.3 Å². The van der Waals surface area contributed by atoms with Gasteiger partial charge in [0.15, 0.2) is 5.01 Å². The zero-order valence-corrected chi connectivity index (χ0v) is 10.6. The molecule has 0 saturated carbocycles. The van der Waals surface area contributed by atoms with E-state index in [2.05, 4.69) is 4.98 Å². The Balaban J connectivity index is 2.29. The van der Waals surface area contributed by atoms with Gasteiger partial charge in [-0.15, -0.1) is 11.3 Å². The van der Waals surface area contributed by atoms with E-state index >= 15 is 0 Å². The van der Waals surface area contributed by atoms with Crippen molar-refractivity contribution in [3.05, 3.63) is 45.9 Å². The van der Waals surface area contributed by atoms with Crippen LogP contribution in [-0.4, -0.2) is 17.9 Å². The molecule has 0 radical (unpaired) electrons. The minimum atomic E-state index is -0.0476. The van der Waals surface area contributed by atoms with Crippen molar-refractivity contribution in [3.8, 4) is 5.75 Å². The van der Waals surface area contributed by atoms with E-state index in [1.165, 1.54) is 11.3 Å². The monoisotopic (exact) mass is 247 g/mol. The van der Waals surface area contributed by atoms with Gasteiger partial charge >= 0.3 is 0 Å². The molecule has 0 amide bonds. The number of benzene rings is 1. The molecule has 2 aromatic rings. The molecule has 0 atom stereocenters. The maximum atomic E-state index is 12.1. The third kappa shape index (κ3) is 2.53. The Bertz CT molecular complexity index is 534. The predicted molar refractivity (Wildman–Crippen MR) is 67.9 cm³/mol. The number of methoxy groups -OCH3 is 1. The zero-order chi connectivity index (χ0) is 12.3. The zero-order valence-electron chi connectivity index (χ0n) is 9.77. The van der Waals surface area contributed by atoms with Gasteiger partial charge in [-0.2, -0.15) is 0 Å². The molecule has 1 aromatic carbocycles. The largest absolute Gasteiger partial charge is 0.497 e. The number of thiazole rings is 1. The first kappa shape index (κ1) is 11.8. The third-order valence-corrected chi connectivity index (χ3v) is 3.57. The van der Waals surface area contributed by atoms with E-state index in [0.29, 0.717) is 16.3 Å². The van der Waals surface area contributed by atoms with Gasteiger partial charge in [0.25, 0.3) is 0 Å². The Morgan fingerprint density at radius 3 is 2.94 bits per heavy atom. The summed E-state index contributed by atoms with van der Waals surface area (Å²) in [5.41, 5.74) is 0.612. The number of hydrogen-bond donors (Lipinski definition) is 0. The molecule has 0 aliphatic carbocycles. The van der Waals surface area contributed by atoms with E-state index in [1.54, 1.807) is 31.5 Å². The van der Waals surface area contributed by atoms with Crippen LogP contribution in [0.25, 0.3) is 0 Å². The average Bonchev–Trinajstić information content (AvgIpc) is 2.86. The molecular weight excluding hydrogens is 234 g/mol. The molecule has 0 spiro atoms. The quantitative estimate of drug-likeness (QED) is 0.780. The fourth-order valence-electron chi connectivity index (χ4n) is 1.46. The highest BCUT2D eigenvalue weighted by Crippen LogP contribution is 2.20. The van der Waals surface area contributed by atoms with Gasteiger partial charge in [-0.1, -0.05) is 19.1 Å². The lowest BCUT2D eigenvalue weighted by Gasteiger charge is -2.01. The van der Waals surface area contributed by atoms with Gasteiger partial charge in [0, 0.05) is 16.6 Å². The summed E-state index contributed by atoms with van der Waals surface area (Å²) < 4.78 is 5.10. The standard InChI is InChI=1S/C13H13NO2S/c1-3-11-8-14-13(17-11)12(15)9-5-4-6-10(7-9)16-2/h4-8H,3H2,1-2H3. The molecule has 2 rings (SSSR count). The molecule has 4 heteroatoms. The Labute approximate surface area is 104 Å². The molecule has 0 fully saturated rings. The number of ether oxygens (including phenoxy) is 1. The number of rotatable bonds is 4. The molecule has 0 N–H and O–H groups in total. The van der Waals surface area contributed by atoms with Crippen LogP contribution in [0.4, 0.5) is 0 Å². The van der Waals surface area contributed by atoms with Gasteiger partial charge in [0.2, 0.25) is 5.78 Å². The van der Waals surface area contributed by atoms with Crippen LogP contribution in [0.1, 0.15) is 27.2 Å². The lowest BCUT2D eigenvalue weighted by molar-refractivity contribution is 0.103. The van der Waals surface area contributed by atoms with Gasteiger partial charge in [0.1, 0.15) is 5.75 Å². The second-order valence-electron chi connectivity index (χ2n) is 3.55. The minimum absolute atomic E-state index is 0.0476. The van der Waals surface area contributed by atoms with E-state index in [4.69, 9.17) is 4.74 Å². The van der Waals surface area contributed by atoms with Crippen LogP contribution in [-0.2, 0) is 6.42 Å². The smallest absolute Gasteiger partial charge is 0.221 e.